The van der Waals surface area contributed by atoms with Crippen molar-refractivity contribution in [3.8, 4) is 0 Å². The normalized spacial score (nSPS) is 18.0. The van der Waals surface area contributed by atoms with Gasteiger partial charge in [0.25, 0.3) is 11.8 Å². The molecule has 8 nitrogen and oxygen atoms in total. The van der Waals surface area contributed by atoms with E-state index in [0.717, 1.165) is 12.8 Å². The second kappa shape index (κ2) is 10.2. The van der Waals surface area contributed by atoms with Gasteiger partial charge in [-0.1, -0.05) is 49.2 Å². The smallest absolute Gasteiger partial charge is 0.335 e. The summed E-state index contributed by atoms with van der Waals surface area (Å²) in [5, 5.41) is 0. The second-order valence-electron chi connectivity index (χ2n) is 6.94. The van der Waals surface area contributed by atoms with E-state index < -0.39 is 35.6 Å². The van der Waals surface area contributed by atoms with E-state index in [-0.39, 0.29) is 0 Å². The number of hydrogen-bond donors (Lipinski definition) is 2. The zero-order valence-electron chi connectivity index (χ0n) is 16.2. The number of carbonyl (C=O) groups excluding carboxylic acids is 4. The molecule has 0 heterocycles. The Labute approximate surface area is 173 Å². The van der Waals surface area contributed by atoms with Crippen LogP contribution in [0.15, 0.2) is 60.7 Å². The Hall–Kier alpha value is -3.68. The number of hydroxylamine groups is 2. The third-order valence-corrected chi connectivity index (χ3v) is 4.95. The van der Waals surface area contributed by atoms with Crippen LogP contribution in [0.5, 0.6) is 0 Å². The van der Waals surface area contributed by atoms with Gasteiger partial charge in [-0.2, -0.15) is 11.0 Å². The highest BCUT2D eigenvalue weighted by molar-refractivity contribution is 5.93. The summed E-state index contributed by atoms with van der Waals surface area (Å²) in [5.74, 6) is -3.91. The first-order valence-electron chi connectivity index (χ1n) is 9.68. The maximum absolute atomic E-state index is 12.5. The van der Waals surface area contributed by atoms with Crippen LogP contribution in [0.1, 0.15) is 46.4 Å². The zero-order valence-corrected chi connectivity index (χ0v) is 16.2. The van der Waals surface area contributed by atoms with Crippen molar-refractivity contribution in [2.24, 2.45) is 11.8 Å². The average molecular weight is 410 g/mol. The summed E-state index contributed by atoms with van der Waals surface area (Å²) >= 11 is 0. The number of rotatable bonds is 4. The van der Waals surface area contributed by atoms with Crippen LogP contribution in [-0.4, -0.2) is 23.8 Å². The van der Waals surface area contributed by atoms with Gasteiger partial charge in [0.1, 0.15) is 0 Å². The molecule has 0 radical (unpaired) electrons. The molecule has 0 aromatic heterocycles. The van der Waals surface area contributed by atoms with Crippen molar-refractivity contribution in [2.75, 3.05) is 0 Å². The highest BCUT2D eigenvalue weighted by Gasteiger charge is 2.37. The molecule has 2 N–H and O–H groups in total. The Bertz CT molecular complexity index is 825. The lowest BCUT2D eigenvalue weighted by molar-refractivity contribution is -0.146. The zero-order chi connectivity index (χ0) is 21.3. The molecule has 2 atom stereocenters. The highest BCUT2D eigenvalue weighted by Crippen LogP contribution is 2.30. The fraction of sp³-hybridized carbons (Fsp3) is 0.273. The number of carbonyl (C=O) groups is 4. The van der Waals surface area contributed by atoms with E-state index in [0.29, 0.717) is 24.0 Å². The van der Waals surface area contributed by atoms with Crippen LogP contribution in [0.2, 0.25) is 0 Å². The van der Waals surface area contributed by atoms with Crippen LogP contribution >= 0.6 is 0 Å². The number of hydrogen-bond acceptors (Lipinski definition) is 6. The van der Waals surface area contributed by atoms with E-state index in [2.05, 4.69) is 11.0 Å². The summed E-state index contributed by atoms with van der Waals surface area (Å²) in [7, 11) is 0. The van der Waals surface area contributed by atoms with Gasteiger partial charge in [0.15, 0.2) is 0 Å². The minimum atomic E-state index is -0.697. The van der Waals surface area contributed by atoms with E-state index in [1.165, 1.54) is 0 Å². The molecule has 8 heteroatoms. The molecule has 2 amide bonds. The summed E-state index contributed by atoms with van der Waals surface area (Å²) < 4.78 is 0. The van der Waals surface area contributed by atoms with Crippen LogP contribution in [0.25, 0.3) is 0 Å². The van der Waals surface area contributed by atoms with Crippen molar-refractivity contribution in [2.45, 2.75) is 25.7 Å². The molecule has 0 bridgehead atoms. The Morgan fingerprint density at radius 1 is 0.633 bits per heavy atom. The van der Waals surface area contributed by atoms with Crippen LogP contribution < -0.4 is 11.0 Å². The van der Waals surface area contributed by atoms with Crippen LogP contribution in [0.3, 0.4) is 0 Å². The molecule has 0 spiro atoms. The fourth-order valence-corrected chi connectivity index (χ4v) is 3.37. The highest BCUT2D eigenvalue weighted by atomic mass is 16.7. The Balaban J connectivity index is 1.54. The fourth-order valence-electron chi connectivity index (χ4n) is 3.37. The van der Waals surface area contributed by atoms with Crippen LogP contribution in [-0.2, 0) is 19.3 Å². The lowest BCUT2D eigenvalue weighted by Gasteiger charge is -2.28. The quantitative estimate of drug-likeness (QED) is 0.750. The SMILES string of the molecule is O=C(ONC(=O)[C@@H]1CCCC[C@H]1C(=O)NOC(=O)c1ccccc1)c1ccccc1. The maximum Gasteiger partial charge on any atom is 0.362 e. The largest absolute Gasteiger partial charge is 0.362 e. The van der Waals surface area contributed by atoms with Gasteiger partial charge in [-0.25, -0.2) is 9.59 Å². The third kappa shape index (κ3) is 5.44. The lowest BCUT2D eigenvalue weighted by atomic mass is 9.78. The molecule has 156 valence electrons. The van der Waals surface area contributed by atoms with Crippen molar-refractivity contribution < 1.29 is 28.9 Å². The predicted molar refractivity (Wildman–Crippen MR) is 105 cm³/mol. The molecule has 2 aromatic rings. The van der Waals surface area contributed by atoms with Gasteiger partial charge in [-0.15, -0.1) is 0 Å². The summed E-state index contributed by atoms with van der Waals surface area (Å²) in [6.45, 7) is 0. The van der Waals surface area contributed by atoms with Crippen molar-refractivity contribution in [1.29, 1.82) is 0 Å². The number of benzene rings is 2. The minimum absolute atomic E-state index is 0.295. The van der Waals surface area contributed by atoms with E-state index in [9.17, 15) is 19.2 Å². The Morgan fingerprint density at radius 3 is 1.37 bits per heavy atom. The van der Waals surface area contributed by atoms with Gasteiger partial charge in [0.2, 0.25) is 0 Å². The number of nitrogens with one attached hydrogen (secondary N) is 2. The first-order chi connectivity index (χ1) is 14.6. The average Bonchev–Trinajstić information content (AvgIpc) is 2.81. The van der Waals surface area contributed by atoms with Crippen molar-refractivity contribution in [3.63, 3.8) is 0 Å². The second-order valence-corrected chi connectivity index (χ2v) is 6.94. The molecule has 30 heavy (non-hydrogen) atoms. The third-order valence-electron chi connectivity index (χ3n) is 4.95. The molecule has 0 unspecified atom stereocenters. The molecule has 3 rings (SSSR count). The van der Waals surface area contributed by atoms with E-state index in [1.807, 2.05) is 0 Å². The number of amides is 2. The summed E-state index contributed by atoms with van der Waals surface area (Å²) in [5.41, 5.74) is 4.89. The van der Waals surface area contributed by atoms with E-state index >= 15 is 0 Å². The molecule has 1 aliphatic rings. The van der Waals surface area contributed by atoms with Crippen LogP contribution in [0, 0.1) is 11.8 Å². The van der Waals surface area contributed by atoms with Gasteiger partial charge in [-0.05, 0) is 37.1 Å². The molecule has 2 aromatic carbocycles. The first-order valence-corrected chi connectivity index (χ1v) is 9.68. The van der Waals surface area contributed by atoms with Gasteiger partial charge in [0.05, 0.1) is 23.0 Å². The van der Waals surface area contributed by atoms with Gasteiger partial charge >= 0.3 is 11.9 Å². The molecule has 0 aliphatic heterocycles. The Morgan fingerprint density at radius 2 is 1.00 bits per heavy atom. The summed E-state index contributed by atoms with van der Waals surface area (Å²) in [4.78, 5) is 58.8. The van der Waals surface area contributed by atoms with Gasteiger partial charge in [0, 0.05) is 0 Å². The maximum atomic E-state index is 12.5. The first kappa shape index (κ1) is 21.0. The topological polar surface area (TPSA) is 111 Å². The minimum Gasteiger partial charge on any atom is -0.335 e. The van der Waals surface area contributed by atoms with Crippen molar-refractivity contribution in [3.05, 3.63) is 71.8 Å². The molecule has 1 saturated carbocycles. The monoisotopic (exact) mass is 410 g/mol. The van der Waals surface area contributed by atoms with Crippen molar-refractivity contribution in [1.82, 2.24) is 11.0 Å². The summed E-state index contributed by atoms with van der Waals surface area (Å²) in [6, 6.07) is 16.5. The molecule has 1 fully saturated rings. The van der Waals surface area contributed by atoms with Crippen LogP contribution in [0.4, 0.5) is 0 Å². The van der Waals surface area contributed by atoms with Crippen molar-refractivity contribution >= 4 is 23.8 Å². The van der Waals surface area contributed by atoms with Gasteiger partial charge in [-0.3, -0.25) is 9.59 Å². The van der Waals surface area contributed by atoms with E-state index in [4.69, 9.17) is 9.68 Å². The summed E-state index contributed by atoms with van der Waals surface area (Å²) in [6.07, 6.45) is 2.44. The lowest BCUT2D eigenvalue weighted by Crippen LogP contribution is -2.44. The predicted octanol–water partition coefficient (Wildman–Crippen LogP) is 2.57. The molecule has 1 aliphatic carbocycles. The standard InChI is InChI=1S/C22H22N2O6/c25-19(23-29-21(27)15-9-3-1-4-10-15)17-13-7-8-14-18(17)20(26)24-30-22(28)16-11-5-2-6-12-16/h1-6,9-12,17-18H,7-8,13-14H2,(H,23,25)(H,24,26)/t17-,18-/m1/s1. The molecular formula is C22H22N2O6. The molecular weight excluding hydrogens is 388 g/mol. The Kier molecular flexibility index (Phi) is 7.15. The molecule has 0 saturated heterocycles. The van der Waals surface area contributed by atoms with E-state index in [1.54, 1.807) is 60.7 Å². The van der Waals surface area contributed by atoms with Gasteiger partial charge < -0.3 is 9.68 Å².